The Hall–Kier alpha value is -0.214. The first-order chi connectivity index (χ1) is 13.5. The topological polar surface area (TPSA) is 66.4 Å². The summed E-state index contributed by atoms with van der Waals surface area (Å²) >= 11 is 0. The smallest absolute Gasteiger partial charge is 0.744 e. The van der Waals surface area contributed by atoms with E-state index in [2.05, 4.69) is 6.92 Å². The molecule has 0 aromatic heterocycles. The molecule has 154 valence electrons. The first-order valence-electron chi connectivity index (χ1n) is 10.3. The maximum absolute atomic E-state index is 11.7. The minimum atomic E-state index is -4.60. The standard InChI is InChI=1S/C23H32O4S.K/c1-2-3-4-5-6-7-8-9-11-15-20-16-14-19-22(28(24,25)26)23(20)27-21-17-12-10-13-18-21;/h10,12-14,16-19H,2-9,11,15H2,1H3,(H,24,25,26);/q;+1/p-1. The van der Waals surface area contributed by atoms with Gasteiger partial charge in [0.2, 0.25) is 0 Å². The zero-order valence-electron chi connectivity index (χ0n) is 17.7. The Labute approximate surface area is 218 Å². The molecule has 29 heavy (non-hydrogen) atoms. The fourth-order valence-electron chi connectivity index (χ4n) is 3.30. The summed E-state index contributed by atoms with van der Waals surface area (Å²) in [5.41, 5.74) is 0.767. The van der Waals surface area contributed by atoms with Crippen molar-refractivity contribution in [2.75, 3.05) is 0 Å². The number of hydrogen-bond donors (Lipinski definition) is 0. The molecule has 0 bridgehead atoms. The number of ether oxygens (including phenoxy) is 1. The molecule has 0 atom stereocenters. The summed E-state index contributed by atoms with van der Waals surface area (Å²) in [6.07, 6.45) is 11.7. The molecule has 0 radical (unpaired) electrons. The summed E-state index contributed by atoms with van der Waals surface area (Å²) in [7, 11) is -4.60. The summed E-state index contributed by atoms with van der Waals surface area (Å²) in [5, 5.41) is 0. The SMILES string of the molecule is CCCCCCCCCCCc1cccc(S(=O)(=O)[O-])c1Oc1ccccc1.[K+]. The van der Waals surface area contributed by atoms with E-state index in [0.717, 1.165) is 18.4 Å². The average molecular weight is 443 g/mol. The van der Waals surface area contributed by atoms with E-state index in [9.17, 15) is 13.0 Å². The van der Waals surface area contributed by atoms with Crippen LogP contribution in [0.1, 0.15) is 70.3 Å². The monoisotopic (exact) mass is 442 g/mol. The third-order valence-corrected chi connectivity index (χ3v) is 5.70. The third-order valence-electron chi connectivity index (χ3n) is 4.84. The van der Waals surface area contributed by atoms with E-state index in [1.807, 2.05) is 24.3 Å². The number of benzene rings is 2. The molecule has 0 amide bonds. The Morgan fingerprint density at radius 3 is 1.97 bits per heavy atom. The third kappa shape index (κ3) is 10.1. The van der Waals surface area contributed by atoms with Gasteiger partial charge in [-0.05, 0) is 36.6 Å². The number of aryl methyl sites for hydroxylation is 1. The molecule has 0 unspecified atom stereocenters. The molecular weight excluding hydrogens is 411 g/mol. The zero-order valence-corrected chi connectivity index (χ0v) is 21.7. The van der Waals surface area contributed by atoms with Crippen LogP contribution in [0.4, 0.5) is 0 Å². The Kier molecular flexibility index (Phi) is 13.6. The van der Waals surface area contributed by atoms with Crippen molar-refractivity contribution < 1.29 is 69.1 Å². The Morgan fingerprint density at radius 1 is 0.793 bits per heavy atom. The van der Waals surface area contributed by atoms with Crippen LogP contribution in [-0.2, 0) is 16.5 Å². The average Bonchev–Trinajstić information content (AvgIpc) is 2.67. The van der Waals surface area contributed by atoms with Crippen molar-refractivity contribution in [1.82, 2.24) is 0 Å². The van der Waals surface area contributed by atoms with Gasteiger partial charge in [0.05, 0.1) is 4.90 Å². The molecule has 0 heterocycles. The maximum Gasteiger partial charge on any atom is 1.00 e. The van der Waals surface area contributed by atoms with Crippen LogP contribution in [0.3, 0.4) is 0 Å². The Bertz CT molecular complexity index is 807. The minimum absolute atomic E-state index is 0. The molecule has 0 aliphatic carbocycles. The van der Waals surface area contributed by atoms with Crippen LogP contribution in [0.25, 0.3) is 0 Å². The van der Waals surface area contributed by atoms with Crippen molar-refractivity contribution in [2.24, 2.45) is 0 Å². The van der Waals surface area contributed by atoms with Gasteiger partial charge < -0.3 is 9.29 Å². The van der Waals surface area contributed by atoms with Gasteiger partial charge in [-0.1, -0.05) is 88.6 Å². The molecule has 4 nitrogen and oxygen atoms in total. The second kappa shape index (κ2) is 14.7. The van der Waals surface area contributed by atoms with Crippen LogP contribution >= 0.6 is 0 Å². The van der Waals surface area contributed by atoms with Crippen molar-refractivity contribution in [3.05, 3.63) is 54.1 Å². The number of hydrogen-bond acceptors (Lipinski definition) is 4. The summed E-state index contributed by atoms with van der Waals surface area (Å²) in [4.78, 5) is -0.287. The molecule has 0 saturated carbocycles. The molecule has 0 aliphatic rings. The molecule has 2 aromatic rings. The predicted molar refractivity (Wildman–Crippen MR) is 112 cm³/mol. The van der Waals surface area contributed by atoms with Gasteiger partial charge >= 0.3 is 51.4 Å². The largest absolute Gasteiger partial charge is 1.00 e. The fraction of sp³-hybridized carbons (Fsp3) is 0.478. The summed E-state index contributed by atoms with van der Waals surface area (Å²) < 4.78 is 40.9. The zero-order chi connectivity index (χ0) is 20.2. The fourth-order valence-corrected chi connectivity index (χ4v) is 3.95. The van der Waals surface area contributed by atoms with Crippen LogP contribution in [0.15, 0.2) is 53.4 Å². The number of unbranched alkanes of at least 4 members (excludes halogenated alkanes) is 8. The van der Waals surface area contributed by atoms with E-state index < -0.39 is 10.1 Å². The van der Waals surface area contributed by atoms with E-state index in [-0.39, 0.29) is 62.0 Å². The molecular formula is C23H31KO4S. The maximum atomic E-state index is 11.7. The second-order valence-electron chi connectivity index (χ2n) is 7.19. The summed E-state index contributed by atoms with van der Waals surface area (Å²) in [6, 6.07) is 13.7. The van der Waals surface area contributed by atoms with E-state index in [4.69, 9.17) is 4.74 Å². The van der Waals surface area contributed by atoms with Crippen LogP contribution < -0.4 is 56.1 Å². The molecule has 0 N–H and O–H groups in total. The molecule has 0 fully saturated rings. The number of para-hydroxylation sites is 2. The van der Waals surface area contributed by atoms with Gasteiger partial charge in [0.15, 0.2) is 0 Å². The second-order valence-corrected chi connectivity index (χ2v) is 8.54. The quantitative estimate of drug-likeness (QED) is 0.271. The van der Waals surface area contributed by atoms with E-state index in [1.165, 1.54) is 51.0 Å². The van der Waals surface area contributed by atoms with Crippen LogP contribution in [0, 0.1) is 0 Å². The normalized spacial score (nSPS) is 11.1. The Morgan fingerprint density at radius 2 is 1.38 bits per heavy atom. The van der Waals surface area contributed by atoms with Gasteiger partial charge in [-0.25, -0.2) is 8.42 Å². The molecule has 6 heteroatoms. The van der Waals surface area contributed by atoms with Gasteiger partial charge in [0, 0.05) is 0 Å². The summed E-state index contributed by atoms with van der Waals surface area (Å²) in [5.74, 6) is 0.690. The van der Waals surface area contributed by atoms with Crippen LogP contribution in [0.2, 0.25) is 0 Å². The molecule has 2 rings (SSSR count). The number of rotatable bonds is 13. The van der Waals surface area contributed by atoms with Crippen molar-refractivity contribution in [1.29, 1.82) is 0 Å². The predicted octanol–water partition coefficient (Wildman–Crippen LogP) is 3.46. The molecule has 0 spiro atoms. The van der Waals surface area contributed by atoms with Crippen LogP contribution in [-0.4, -0.2) is 13.0 Å². The van der Waals surface area contributed by atoms with Gasteiger partial charge in [0.25, 0.3) is 0 Å². The van der Waals surface area contributed by atoms with Gasteiger partial charge in [-0.3, -0.25) is 0 Å². The molecule has 0 aliphatic heterocycles. The van der Waals surface area contributed by atoms with Crippen molar-refractivity contribution >= 4 is 10.1 Å². The van der Waals surface area contributed by atoms with E-state index in [0.29, 0.717) is 12.2 Å². The van der Waals surface area contributed by atoms with E-state index in [1.54, 1.807) is 18.2 Å². The minimum Gasteiger partial charge on any atom is -0.744 e. The van der Waals surface area contributed by atoms with Crippen molar-refractivity contribution in [2.45, 2.75) is 76.0 Å². The van der Waals surface area contributed by atoms with Gasteiger partial charge in [0.1, 0.15) is 21.6 Å². The first kappa shape index (κ1) is 26.8. The van der Waals surface area contributed by atoms with Gasteiger partial charge in [-0.15, -0.1) is 0 Å². The van der Waals surface area contributed by atoms with E-state index >= 15 is 0 Å². The van der Waals surface area contributed by atoms with Crippen molar-refractivity contribution in [3.63, 3.8) is 0 Å². The first-order valence-corrected chi connectivity index (χ1v) is 11.7. The summed E-state index contributed by atoms with van der Waals surface area (Å²) in [6.45, 7) is 2.23. The molecule has 0 saturated heterocycles. The van der Waals surface area contributed by atoms with Gasteiger partial charge in [-0.2, -0.15) is 0 Å². The van der Waals surface area contributed by atoms with Crippen molar-refractivity contribution in [3.8, 4) is 11.5 Å². The Balaban J connectivity index is 0.00000420. The van der Waals surface area contributed by atoms with Crippen LogP contribution in [0.5, 0.6) is 11.5 Å². The molecule has 2 aromatic carbocycles.